The minimum Gasteiger partial charge on any atom is -0.489 e. The molecule has 1 aromatic rings. The highest BCUT2D eigenvalue weighted by molar-refractivity contribution is 6.30. The maximum absolute atomic E-state index is 5.94. The molecule has 1 rings (SSSR count). The third-order valence-corrected chi connectivity index (χ3v) is 3.74. The van der Waals surface area contributed by atoms with Crippen LogP contribution in [0.1, 0.15) is 33.6 Å². The summed E-state index contributed by atoms with van der Waals surface area (Å²) in [4.78, 5) is 0. The summed E-state index contributed by atoms with van der Waals surface area (Å²) in [6.07, 6.45) is 1.69. The minimum atomic E-state index is -0.162. The van der Waals surface area contributed by atoms with Crippen molar-refractivity contribution in [1.29, 1.82) is 0 Å². The zero-order valence-electron chi connectivity index (χ0n) is 12.7. The van der Waals surface area contributed by atoms with Crippen LogP contribution in [0.5, 0.6) is 5.75 Å². The molecule has 1 aromatic carbocycles. The van der Waals surface area contributed by atoms with E-state index >= 15 is 0 Å². The average molecular weight is 301 g/mol. The zero-order chi connectivity index (χ0) is 15.2. The Morgan fingerprint density at radius 3 is 2.65 bits per heavy atom. The summed E-state index contributed by atoms with van der Waals surface area (Å²) < 4.78 is 11.3. The van der Waals surface area contributed by atoms with E-state index in [2.05, 4.69) is 19.3 Å². The van der Waals surface area contributed by atoms with E-state index in [9.17, 15) is 0 Å². The van der Waals surface area contributed by atoms with Gasteiger partial charge in [0.15, 0.2) is 0 Å². The van der Waals surface area contributed by atoms with Crippen molar-refractivity contribution in [3.63, 3.8) is 0 Å². The Hall–Kier alpha value is -0.810. The molecule has 2 atom stereocenters. The van der Waals surface area contributed by atoms with Gasteiger partial charge in [-0.15, -0.1) is 0 Å². The predicted octanol–water partition coefficient (Wildman–Crippen LogP) is 3.14. The van der Waals surface area contributed by atoms with Gasteiger partial charge in [-0.3, -0.25) is 11.3 Å². The third kappa shape index (κ3) is 5.67. The largest absolute Gasteiger partial charge is 0.489 e. The Morgan fingerprint density at radius 2 is 2.10 bits per heavy atom. The normalized spacial score (nSPS) is 14.9. The highest BCUT2D eigenvalue weighted by atomic mass is 35.5. The first kappa shape index (κ1) is 17.2. The predicted molar refractivity (Wildman–Crippen MR) is 83.0 cm³/mol. The number of hydrogen-bond acceptors (Lipinski definition) is 4. The van der Waals surface area contributed by atoms with Crippen molar-refractivity contribution < 1.29 is 9.47 Å². The first-order valence-electron chi connectivity index (χ1n) is 6.81. The van der Waals surface area contributed by atoms with Crippen molar-refractivity contribution in [1.82, 2.24) is 5.43 Å². The molecule has 0 aromatic heterocycles. The first-order chi connectivity index (χ1) is 9.38. The molecule has 20 heavy (non-hydrogen) atoms. The van der Waals surface area contributed by atoms with Crippen LogP contribution in [0.25, 0.3) is 0 Å². The molecule has 0 aliphatic carbocycles. The first-order valence-corrected chi connectivity index (χ1v) is 7.19. The molecule has 114 valence electrons. The quantitative estimate of drug-likeness (QED) is 0.572. The fraction of sp³-hybridized carbons (Fsp3) is 0.600. The average Bonchev–Trinajstić information content (AvgIpc) is 2.39. The summed E-state index contributed by atoms with van der Waals surface area (Å²) >= 11 is 5.94. The minimum absolute atomic E-state index is 0.0448. The lowest BCUT2D eigenvalue weighted by molar-refractivity contribution is 0.00827. The molecule has 0 saturated heterocycles. The van der Waals surface area contributed by atoms with E-state index in [1.165, 1.54) is 0 Å². The molecule has 0 amide bonds. The maximum atomic E-state index is 5.94. The molecule has 0 aliphatic rings. The Bertz CT molecular complexity index is 413. The van der Waals surface area contributed by atoms with Crippen molar-refractivity contribution in [2.24, 2.45) is 5.84 Å². The Kier molecular flexibility index (Phi) is 6.76. The second kappa shape index (κ2) is 7.84. The van der Waals surface area contributed by atoms with Gasteiger partial charge in [0.05, 0.1) is 11.6 Å². The van der Waals surface area contributed by atoms with E-state index in [1.54, 1.807) is 13.2 Å². The van der Waals surface area contributed by atoms with Crippen molar-refractivity contribution in [3.8, 4) is 5.75 Å². The molecule has 5 heteroatoms. The standard InChI is InChI=1S/C15H25ClN2O2/c1-11(20-13-7-5-6-12(16)10-13)14(18-17)8-9-15(2,3)19-4/h5-7,10-11,14,18H,8-9,17H2,1-4H3. The van der Waals surface area contributed by atoms with Gasteiger partial charge in [0.1, 0.15) is 11.9 Å². The van der Waals surface area contributed by atoms with Gasteiger partial charge in [0, 0.05) is 12.1 Å². The summed E-state index contributed by atoms with van der Waals surface area (Å²) in [6.45, 7) is 6.11. The molecule has 0 fully saturated rings. The molecular weight excluding hydrogens is 276 g/mol. The van der Waals surface area contributed by atoms with Crippen LogP contribution >= 0.6 is 11.6 Å². The SMILES string of the molecule is COC(C)(C)CCC(NN)C(C)Oc1cccc(Cl)c1. The maximum Gasteiger partial charge on any atom is 0.121 e. The summed E-state index contributed by atoms with van der Waals surface area (Å²) in [5.41, 5.74) is 2.66. The summed E-state index contributed by atoms with van der Waals surface area (Å²) in [7, 11) is 1.72. The van der Waals surface area contributed by atoms with Crippen LogP contribution in [0, 0.1) is 0 Å². The Morgan fingerprint density at radius 1 is 1.40 bits per heavy atom. The number of nitrogens with two attached hydrogens (primary N) is 1. The molecule has 0 bridgehead atoms. The summed E-state index contributed by atoms with van der Waals surface area (Å²) in [6, 6.07) is 7.41. The van der Waals surface area contributed by atoms with Crippen LogP contribution in [0.2, 0.25) is 5.02 Å². The van der Waals surface area contributed by atoms with Gasteiger partial charge in [0.25, 0.3) is 0 Å². The van der Waals surface area contributed by atoms with Gasteiger partial charge in [0.2, 0.25) is 0 Å². The number of hydrogen-bond donors (Lipinski definition) is 2. The molecule has 0 heterocycles. The fourth-order valence-corrected chi connectivity index (χ4v) is 2.08. The topological polar surface area (TPSA) is 56.5 Å². The molecule has 3 N–H and O–H groups in total. The van der Waals surface area contributed by atoms with Crippen molar-refractivity contribution in [2.45, 2.75) is 51.4 Å². The van der Waals surface area contributed by atoms with E-state index in [1.807, 2.05) is 25.1 Å². The lowest BCUT2D eigenvalue weighted by Crippen LogP contribution is -2.46. The summed E-state index contributed by atoms with van der Waals surface area (Å²) in [5, 5.41) is 0.660. The number of nitrogens with one attached hydrogen (secondary N) is 1. The van der Waals surface area contributed by atoms with Gasteiger partial charge >= 0.3 is 0 Å². The number of hydrazine groups is 1. The second-order valence-electron chi connectivity index (χ2n) is 5.56. The van der Waals surface area contributed by atoms with Gasteiger partial charge in [-0.05, 0) is 51.8 Å². The van der Waals surface area contributed by atoms with E-state index < -0.39 is 0 Å². The van der Waals surface area contributed by atoms with Gasteiger partial charge in [-0.25, -0.2) is 0 Å². The van der Waals surface area contributed by atoms with Crippen LogP contribution in [0.15, 0.2) is 24.3 Å². The van der Waals surface area contributed by atoms with Crippen LogP contribution in [-0.2, 0) is 4.74 Å². The summed E-state index contributed by atoms with van der Waals surface area (Å²) in [5.74, 6) is 6.38. The second-order valence-corrected chi connectivity index (χ2v) is 5.99. The van der Waals surface area contributed by atoms with Gasteiger partial charge in [-0.1, -0.05) is 17.7 Å². The highest BCUT2D eigenvalue weighted by Crippen LogP contribution is 2.22. The van der Waals surface area contributed by atoms with E-state index in [0.717, 1.165) is 18.6 Å². The lowest BCUT2D eigenvalue weighted by Gasteiger charge is -2.29. The molecular formula is C15H25ClN2O2. The van der Waals surface area contributed by atoms with E-state index in [0.29, 0.717) is 5.02 Å². The van der Waals surface area contributed by atoms with Crippen molar-refractivity contribution >= 4 is 11.6 Å². The number of methoxy groups -OCH3 is 1. The molecule has 4 nitrogen and oxygen atoms in total. The third-order valence-electron chi connectivity index (χ3n) is 3.51. The van der Waals surface area contributed by atoms with Crippen LogP contribution in [0.3, 0.4) is 0 Å². The molecule has 0 saturated carbocycles. The number of benzene rings is 1. The molecule has 2 unspecified atom stereocenters. The Balaban J connectivity index is 2.56. The van der Waals surface area contributed by atoms with Gasteiger partial charge < -0.3 is 9.47 Å². The highest BCUT2D eigenvalue weighted by Gasteiger charge is 2.23. The molecule has 0 radical (unpaired) electrons. The molecule has 0 spiro atoms. The van der Waals surface area contributed by atoms with E-state index in [4.69, 9.17) is 26.9 Å². The monoisotopic (exact) mass is 300 g/mol. The number of rotatable bonds is 8. The fourth-order valence-electron chi connectivity index (χ4n) is 1.90. The van der Waals surface area contributed by atoms with Crippen LogP contribution in [-0.4, -0.2) is 24.9 Å². The smallest absolute Gasteiger partial charge is 0.121 e. The van der Waals surface area contributed by atoms with Crippen molar-refractivity contribution in [3.05, 3.63) is 29.3 Å². The number of ether oxygens (including phenoxy) is 2. The van der Waals surface area contributed by atoms with Crippen molar-refractivity contribution in [2.75, 3.05) is 7.11 Å². The van der Waals surface area contributed by atoms with E-state index in [-0.39, 0.29) is 17.7 Å². The number of halogens is 1. The molecule has 0 aliphatic heterocycles. The van der Waals surface area contributed by atoms with Crippen LogP contribution in [0.4, 0.5) is 0 Å². The Labute approximate surface area is 126 Å². The lowest BCUT2D eigenvalue weighted by atomic mass is 9.97. The zero-order valence-corrected chi connectivity index (χ0v) is 13.4. The van der Waals surface area contributed by atoms with Crippen LogP contribution < -0.4 is 16.0 Å². The van der Waals surface area contributed by atoms with Gasteiger partial charge in [-0.2, -0.15) is 0 Å².